The minimum absolute atomic E-state index is 0.209. The summed E-state index contributed by atoms with van der Waals surface area (Å²) < 4.78 is 0. The minimum Gasteiger partial charge on any atom is -0.368 e. The lowest BCUT2D eigenvalue weighted by Crippen LogP contribution is -2.53. The van der Waals surface area contributed by atoms with E-state index >= 15 is 0 Å². The first-order chi connectivity index (χ1) is 8.90. The second kappa shape index (κ2) is 5.18. The molecule has 1 fully saturated rings. The maximum atomic E-state index is 5.68. The molecule has 5 N–H and O–H groups in total. The van der Waals surface area contributed by atoms with Gasteiger partial charge in [0.2, 0.25) is 5.95 Å². The Hall–Kier alpha value is -1.60. The van der Waals surface area contributed by atoms with E-state index in [1.807, 2.05) is 6.07 Å². The fourth-order valence-electron chi connectivity index (χ4n) is 2.29. The normalized spacial score (nSPS) is 17.6. The predicted molar refractivity (Wildman–Crippen MR) is 77.8 cm³/mol. The fraction of sp³-hybridized carbons (Fsp3) is 0.667. The summed E-state index contributed by atoms with van der Waals surface area (Å²) in [5, 5.41) is 0. The van der Waals surface area contributed by atoms with E-state index in [4.69, 9.17) is 11.6 Å². The molecule has 106 valence electrons. The summed E-state index contributed by atoms with van der Waals surface area (Å²) in [7, 11) is 0. The number of piperazine rings is 1. The van der Waals surface area contributed by atoms with Gasteiger partial charge in [0.25, 0.3) is 0 Å². The molecule has 0 unspecified atom stereocenters. The smallest absolute Gasteiger partial charge is 0.223 e. The van der Waals surface area contributed by atoms with Gasteiger partial charge in [0.1, 0.15) is 11.6 Å². The Morgan fingerprint density at radius 3 is 2.32 bits per heavy atom. The monoisotopic (exact) mass is 265 g/mol. The number of anilines is 3. The highest BCUT2D eigenvalue weighted by Crippen LogP contribution is 2.21. The van der Waals surface area contributed by atoms with E-state index in [9.17, 15) is 0 Å². The zero-order chi connectivity index (χ0) is 14.0. The average Bonchev–Trinajstić information content (AvgIpc) is 2.37. The molecule has 0 aromatic carbocycles. The van der Waals surface area contributed by atoms with Crippen LogP contribution in [0.1, 0.15) is 20.8 Å². The lowest BCUT2D eigenvalue weighted by molar-refractivity contribution is 0.128. The molecular formula is C12H23N7. The number of nitrogens with one attached hydrogen (secondary N) is 1. The topological polar surface area (TPSA) is 96.3 Å². The van der Waals surface area contributed by atoms with E-state index in [1.165, 1.54) is 0 Å². The second-order valence-electron chi connectivity index (χ2n) is 5.76. The van der Waals surface area contributed by atoms with Crippen LogP contribution in [-0.4, -0.2) is 46.6 Å². The van der Waals surface area contributed by atoms with Crippen LogP contribution < -0.4 is 21.9 Å². The Morgan fingerprint density at radius 2 is 1.79 bits per heavy atom. The van der Waals surface area contributed by atoms with Crippen molar-refractivity contribution in [2.24, 2.45) is 5.84 Å². The Bertz CT molecular complexity index is 432. The Morgan fingerprint density at radius 1 is 1.16 bits per heavy atom. The van der Waals surface area contributed by atoms with Gasteiger partial charge in [-0.05, 0) is 20.8 Å². The zero-order valence-electron chi connectivity index (χ0n) is 11.8. The lowest BCUT2D eigenvalue weighted by Gasteiger charge is -2.42. The summed E-state index contributed by atoms with van der Waals surface area (Å²) in [6.07, 6.45) is 0. The molecule has 1 aromatic rings. The van der Waals surface area contributed by atoms with Crippen molar-refractivity contribution in [2.75, 3.05) is 42.2 Å². The third-order valence-electron chi connectivity index (χ3n) is 3.43. The van der Waals surface area contributed by atoms with Crippen LogP contribution in [0.5, 0.6) is 0 Å². The van der Waals surface area contributed by atoms with Crippen LogP contribution in [0.25, 0.3) is 0 Å². The second-order valence-corrected chi connectivity index (χ2v) is 5.76. The van der Waals surface area contributed by atoms with Crippen LogP contribution in [0, 0.1) is 0 Å². The van der Waals surface area contributed by atoms with E-state index < -0.39 is 0 Å². The van der Waals surface area contributed by atoms with E-state index in [1.54, 1.807) is 0 Å². The van der Waals surface area contributed by atoms with Crippen molar-refractivity contribution in [3.8, 4) is 0 Å². The Labute approximate surface area is 114 Å². The maximum Gasteiger partial charge on any atom is 0.223 e. The van der Waals surface area contributed by atoms with Gasteiger partial charge in [0.15, 0.2) is 0 Å². The third-order valence-corrected chi connectivity index (χ3v) is 3.43. The summed E-state index contributed by atoms with van der Waals surface area (Å²) in [6.45, 7) is 10.6. The number of nitrogens with zero attached hydrogens (tertiary/aromatic N) is 4. The summed E-state index contributed by atoms with van der Waals surface area (Å²) >= 11 is 0. The Balaban J connectivity index is 2.07. The number of nitrogen functional groups attached to an aromatic ring is 2. The number of hydrogen-bond donors (Lipinski definition) is 3. The van der Waals surface area contributed by atoms with Crippen LogP contribution in [0.3, 0.4) is 0 Å². The van der Waals surface area contributed by atoms with E-state index in [-0.39, 0.29) is 11.5 Å². The summed E-state index contributed by atoms with van der Waals surface area (Å²) in [4.78, 5) is 12.9. The summed E-state index contributed by atoms with van der Waals surface area (Å²) in [5.74, 6) is 6.98. The van der Waals surface area contributed by atoms with Crippen LogP contribution in [0.2, 0.25) is 0 Å². The number of aromatic nitrogens is 2. The van der Waals surface area contributed by atoms with E-state index in [0.717, 1.165) is 32.0 Å². The standard InChI is InChI=1S/C12H23N7/c1-12(2,3)19-6-4-18(5-7-19)10-8-9(17-14)15-11(13)16-10/h8H,4-7,14H2,1-3H3,(H3,13,15,16,17). The number of hydrogen-bond acceptors (Lipinski definition) is 7. The van der Waals surface area contributed by atoms with Gasteiger partial charge in [0.05, 0.1) is 0 Å². The predicted octanol–water partition coefficient (Wildman–Crippen LogP) is 0.265. The first-order valence-corrected chi connectivity index (χ1v) is 6.51. The highest BCUT2D eigenvalue weighted by Gasteiger charge is 2.26. The molecule has 0 saturated carbocycles. The first kappa shape index (κ1) is 13.8. The van der Waals surface area contributed by atoms with Crippen molar-refractivity contribution >= 4 is 17.6 Å². The minimum atomic E-state index is 0.209. The average molecular weight is 265 g/mol. The molecule has 7 nitrogen and oxygen atoms in total. The van der Waals surface area contributed by atoms with Crippen LogP contribution in [0.4, 0.5) is 17.6 Å². The SMILES string of the molecule is CC(C)(C)N1CCN(c2cc(NN)nc(N)n2)CC1. The van der Waals surface area contributed by atoms with Crippen molar-refractivity contribution in [3.05, 3.63) is 6.07 Å². The van der Waals surface area contributed by atoms with Gasteiger partial charge in [-0.15, -0.1) is 0 Å². The molecule has 1 aliphatic rings. The highest BCUT2D eigenvalue weighted by molar-refractivity contribution is 5.52. The molecule has 0 atom stereocenters. The summed E-state index contributed by atoms with van der Waals surface area (Å²) in [6, 6.07) is 1.82. The van der Waals surface area contributed by atoms with Crippen LogP contribution >= 0.6 is 0 Å². The van der Waals surface area contributed by atoms with Gasteiger partial charge in [-0.25, -0.2) is 5.84 Å². The van der Waals surface area contributed by atoms with Crippen LogP contribution in [-0.2, 0) is 0 Å². The highest BCUT2D eigenvalue weighted by atomic mass is 15.3. The molecule has 0 radical (unpaired) electrons. The number of hydrazine groups is 1. The maximum absolute atomic E-state index is 5.68. The van der Waals surface area contributed by atoms with Gasteiger partial charge in [-0.2, -0.15) is 9.97 Å². The molecule has 2 heterocycles. The van der Waals surface area contributed by atoms with Gasteiger partial charge in [0, 0.05) is 37.8 Å². The Kier molecular flexibility index (Phi) is 3.77. The number of nitrogens with two attached hydrogens (primary N) is 2. The number of rotatable bonds is 2. The van der Waals surface area contributed by atoms with Gasteiger partial charge < -0.3 is 16.1 Å². The van der Waals surface area contributed by atoms with Crippen molar-refractivity contribution in [2.45, 2.75) is 26.3 Å². The molecule has 1 saturated heterocycles. The molecule has 19 heavy (non-hydrogen) atoms. The van der Waals surface area contributed by atoms with Crippen LogP contribution in [0.15, 0.2) is 6.07 Å². The molecule has 1 aliphatic heterocycles. The quantitative estimate of drug-likeness (QED) is 0.521. The van der Waals surface area contributed by atoms with E-state index in [2.05, 4.69) is 46.0 Å². The molecule has 0 aliphatic carbocycles. The van der Waals surface area contributed by atoms with Crippen molar-refractivity contribution in [1.29, 1.82) is 0 Å². The largest absolute Gasteiger partial charge is 0.368 e. The molecule has 2 rings (SSSR count). The van der Waals surface area contributed by atoms with E-state index in [0.29, 0.717) is 5.82 Å². The van der Waals surface area contributed by atoms with Crippen molar-refractivity contribution < 1.29 is 0 Å². The molecular weight excluding hydrogens is 242 g/mol. The van der Waals surface area contributed by atoms with Gasteiger partial charge in [-0.1, -0.05) is 0 Å². The fourth-order valence-corrected chi connectivity index (χ4v) is 2.29. The van der Waals surface area contributed by atoms with Gasteiger partial charge >= 0.3 is 0 Å². The molecule has 1 aromatic heterocycles. The molecule has 0 amide bonds. The van der Waals surface area contributed by atoms with Gasteiger partial charge in [-0.3, -0.25) is 4.90 Å². The summed E-state index contributed by atoms with van der Waals surface area (Å²) in [5.41, 5.74) is 8.40. The van der Waals surface area contributed by atoms with Crippen molar-refractivity contribution in [3.63, 3.8) is 0 Å². The zero-order valence-corrected chi connectivity index (χ0v) is 11.8. The third kappa shape index (κ3) is 3.24. The van der Waals surface area contributed by atoms with Crippen molar-refractivity contribution in [1.82, 2.24) is 14.9 Å². The first-order valence-electron chi connectivity index (χ1n) is 6.51. The lowest BCUT2D eigenvalue weighted by atomic mass is 10.1. The molecule has 0 spiro atoms. The molecule has 7 heteroatoms. The molecule has 0 bridgehead atoms.